The Morgan fingerprint density at radius 3 is 2.50 bits per heavy atom. The molecule has 0 N–H and O–H groups in total. The smallest absolute Gasteiger partial charge is 0.148 e. The van der Waals surface area contributed by atoms with Gasteiger partial charge in [-0.15, -0.1) is 0 Å². The summed E-state index contributed by atoms with van der Waals surface area (Å²) in [4.78, 5) is 12.0. The van der Waals surface area contributed by atoms with Crippen molar-refractivity contribution in [2.24, 2.45) is 0 Å². The summed E-state index contributed by atoms with van der Waals surface area (Å²) in [6.07, 6.45) is 0.383. The Kier molecular flexibility index (Phi) is 4.96. The van der Waals surface area contributed by atoms with Gasteiger partial charge in [0.05, 0.1) is 26.1 Å². The Hall–Kier alpha value is -0.380. The standard InChI is InChI=1S/C11H12Cl2O2S/c1-3-11(14)7(2)16(15)8-4-5-9(12)10(13)6-8/h4-7H,3H2,1-2H3. The highest BCUT2D eigenvalue weighted by molar-refractivity contribution is 7.86. The van der Waals surface area contributed by atoms with Crippen molar-refractivity contribution in [1.82, 2.24) is 0 Å². The molecule has 1 rings (SSSR count). The second-order valence-electron chi connectivity index (χ2n) is 3.34. The van der Waals surface area contributed by atoms with Crippen molar-refractivity contribution in [3.63, 3.8) is 0 Å². The van der Waals surface area contributed by atoms with E-state index in [2.05, 4.69) is 0 Å². The molecule has 2 atom stereocenters. The van der Waals surface area contributed by atoms with Crippen molar-refractivity contribution in [3.8, 4) is 0 Å². The summed E-state index contributed by atoms with van der Waals surface area (Å²) in [6.45, 7) is 3.41. The summed E-state index contributed by atoms with van der Waals surface area (Å²) >= 11 is 11.6. The zero-order chi connectivity index (χ0) is 12.3. The van der Waals surface area contributed by atoms with Crippen LogP contribution in [0.5, 0.6) is 0 Å². The van der Waals surface area contributed by atoms with E-state index in [0.717, 1.165) is 0 Å². The minimum Gasteiger partial charge on any atom is -0.298 e. The third-order valence-electron chi connectivity index (χ3n) is 2.25. The molecular formula is C11H12Cl2O2S. The SMILES string of the molecule is CCC(=O)C(C)S(=O)c1ccc(Cl)c(Cl)c1. The second kappa shape index (κ2) is 5.80. The molecule has 0 aliphatic carbocycles. The van der Waals surface area contributed by atoms with Gasteiger partial charge in [0, 0.05) is 11.3 Å². The molecule has 0 spiro atoms. The summed E-state index contributed by atoms with van der Waals surface area (Å²) < 4.78 is 12.0. The molecule has 0 radical (unpaired) electrons. The number of rotatable bonds is 4. The Morgan fingerprint density at radius 2 is 2.00 bits per heavy atom. The third kappa shape index (κ3) is 3.06. The lowest BCUT2D eigenvalue weighted by molar-refractivity contribution is -0.118. The number of carbonyl (C=O) groups is 1. The quantitative estimate of drug-likeness (QED) is 0.845. The summed E-state index contributed by atoms with van der Waals surface area (Å²) in [6, 6.07) is 4.75. The van der Waals surface area contributed by atoms with Crippen LogP contribution in [0, 0.1) is 0 Å². The predicted octanol–water partition coefficient (Wildman–Crippen LogP) is 3.47. The van der Waals surface area contributed by atoms with Crippen LogP contribution < -0.4 is 0 Å². The van der Waals surface area contributed by atoms with Gasteiger partial charge in [-0.1, -0.05) is 30.1 Å². The molecule has 16 heavy (non-hydrogen) atoms. The number of hydrogen-bond donors (Lipinski definition) is 0. The first kappa shape index (κ1) is 13.7. The Bertz CT molecular complexity index is 432. The molecule has 0 aliphatic heterocycles. The van der Waals surface area contributed by atoms with Crippen molar-refractivity contribution in [2.45, 2.75) is 30.4 Å². The van der Waals surface area contributed by atoms with Gasteiger partial charge in [0.15, 0.2) is 0 Å². The molecule has 88 valence electrons. The number of halogens is 2. The van der Waals surface area contributed by atoms with Gasteiger partial charge in [-0.3, -0.25) is 9.00 Å². The molecule has 0 heterocycles. The lowest BCUT2D eigenvalue weighted by atomic mass is 10.2. The van der Waals surface area contributed by atoms with Gasteiger partial charge in [0.1, 0.15) is 5.78 Å². The molecule has 0 saturated carbocycles. The predicted molar refractivity (Wildman–Crippen MR) is 67.6 cm³/mol. The van der Waals surface area contributed by atoms with Gasteiger partial charge in [-0.25, -0.2) is 0 Å². The van der Waals surface area contributed by atoms with Crippen molar-refractivity contribution in [3.05, 3.63) is 28.2 Å². The van der Waals surface area contributed by atoms with Crippen LogP contribution >= 0.6 is 23.2 Å². The normalized spacial score (nSPS) is 14.5. The van der Waals surface area contributed by atoms with Gasteiger partial charge in [0.2, 0.25) is 0 Å². The first-order valence-corrected chi connectivity index (χ1v) is 6.82. The van der Waals surface area contributed by atoms with Gasteiger partial charge in [-0.05, 0) is 25.1 Å². The minimum atomic E-state index is -1.37. The molecule has 0 amide bonds. The first-order valence-electron chi connectivity index (χ1n) is 4.85. The van der Waals surface area contributed by atoms with E-state index in [9.17, 15) is 9.00 Å². The molecule has 0 aromatic heterocycles. The summed E-state index contributed by atoms with van der Waals surface area (Å²) in [7, 11) is -1.37. The molecule has 2 unspecified atom stereocenters. The number of Topliss-reactive ketones (excluding diaryl/α,β-unsaturated/α-hetero) is 1. The fraction of sp³-hybridized carbons (Fsp3) is 0.364. The number of carbonyl (C=O) groups excluding carboxylic acids is 1. The Labute approximate surface area is 107 Å². The van der Waals surface area contributed by atoms with Crippen LogP contribution in [-0.4, -0.2) is 15.2 Å². The molecule has 0 bridgehead atoms. The zero-order valence-corrected chi connectivity index (χ0v) is 11.3. The number of benzene rings is 1. The molecule has 5 heteroatoms. The summed E-state index contributed by atoms with van der Waals surface area (Å²) in [5, 5.41) is 0.253. The average Bonchev–Trinajstić information content (AvgIpc) is 2.29. The fourth-order valence-corrected chi connectivity index (χ4v) is 2.83. The van der Waals surface area contributed by atoms with Crippen LogP contribution in [0.15, 0.2) is 23.1 Å². The summed E-state index contributed by atoms with van der Waals surface area (Å²) in [5.74, 6) is -0.0237. The van der Waals surface area contributed by atoms with Crippen molar-refractivity contribution < 1.29 is 9.00 Å². The van der Waals surface area contributed by atoms with Crippen LogP contribution in [0.3, 0.4) is 0 Å². The van der Waals surface area contributed by atoms with Crippen LogP contribution in [0.25, 0.3) is 0 Å². The van der Waals surface area contributed by atoms with Crippen LogP contribution in [0.1, 0.15) is 20.3 Å². The molecular weight excluding hydrogens is 267 g/mol. The highest BCUT2D eigenvalue weighted by Gasteiger charge is 2.20. The molecule has 0 aliphatic rings. The van der Waals surface area contributed by atoms with Gasteiger partial charge in [0.25, 0.3) is 0 Å². The van der Waals surface area contributed by atoms with Gasteiger partial charge >= 0.3 is 0 Å². The first-order chi connectivity index (χ1) is 7.47. The lowest BCUT2D eigenvalue weighted by Crippen LogP contribution is -2.21. The van der Waals surface area contributed by atoms with E-state index < -0.39 is 16.0 Å². The topological polar surface area (TPSA) is 34.1 Å². The van der Waals surface area contributed by atoms with E-state index in [4.69, 9.17) is 23.2 Å². The monoisotopic (exact) mass is 278 g/mol. The van der Waals surface area contributed by atoms with E-state index in [0.29, 0.717) is 21.4 Å². The lowest BCUT2D eigenvalue weighted by Gasteiger charge is -2.09. The van der Waals surface area contributed by atoms with E-state index in [1.807, 2.05) is 0 Å². The van der Waals surface area contributed by atoms with Crippen LogP contribution in [0.2, 0.25) is 10.0 Å². The highest BCUT2D eigenvalue weighted by atomic mass is 35.5. The molecule has 0 saturated heterocycles. The van der Waals surface area contributed by atoms with Crippen LogP contribution in [-0.2, 0) is 15.6 Å². The molecule has 2 nitrogen and oxygen atoms in total. The Morgan fingerprint density at radius 1 is 1.38 bits per heavy atom. The maximum Gasteiger partial charge on any atom is 0.148 e. The molecule has 0 fully saturated rings. The maximum absolute atomic E-state index is 12.0. The van der Waals surface area contributed by atoms with E-state index in [-0.39, 0.29) is 5.78 Å². The minimum absolute atomic E-state index is 0.0237. The zero-order valence-electron chi connectivity index (χ0n) is 9.00. The number of hydrogen-bond acceptors (Lipinski definition) is 2. The van der Waals surface area contributed by atoms with E-state index in [1.165, 1.54) is 0 Å². The Balaban J connectivity index is 2.97. The second-order valence-corrected chi connectivity index (χ2v) is 5.92. The van der Waals surface area contributed by atoms with E-state index >= 15 is 0 Å². The van der Waals surface area contributed by atoms with Crippen molar-refractivity contribution in [1.29, 1.82) is 0 Å². The molecule has 1 aromatic rings. The van der Waals surface area contributed by atoms with Gasteiger partial charge in [-0.2, -0.15) is 0 Å². The third-order valence-corrected chi connectivity index (χ3v) is 4.61. The average molecular weight is 279 g/mol. The van der Waals surface area contributed by atoms with Crippen molar-refractivity contribution in [2.75, 3.05) is 0 Å². The maximum atomic E-state index is 12.0. The largest absolute Gasteiger partial charge is 0.298 e. The summed E-state index contributed by atoms with van der Waals surface area (Å²) in [5.41, 5.74) is 0. The van der Waals surface area contributed by atoms with E-state index in [1.54, 1.807) is 32.0 Å². The van der Waals surface area contributed by atoms with Crippen molar-refractivity contribution >= 4 is 39.8 Å². The number of ketones is 1. The van der Waals surface area contributed by atoms with Crippen LogP contribution in [0.4, 0.5) is 0 Å². The molecule has 1 aromatic carbocycles. The highest BCUT2D eigenvalue weighted by Crippen LogP contribution is 2.25. The van der Waals surface area contributed by atoms with Gasteiger partial charge < -0.3 is 0 Å². The fourth-order valence-electron chi connectivity index (χ4n) is 1.21.